The van der Waals surface area contributed by atoms with Crippen LogP contribution in [0.2, 0.25) is 0 Å². The number of carboxylic acids is 1. The molecule has 5 rings (SSSR count). The molecule has 2 N–H and O–H groups in total. The van der Waals surface area contributed by atoms with E-state index in [1.807, 2.05) is 64.2 Å². The molecule has 3 heterocycles. The number of ether oxygens (including phenoxy) is 2. The van der Waals surface area contributed by atoms with Crippen LogP contribution in [0.5, 0.6) is 11.5 Å². The Morgan fingerprint density at radius 3 is 2.50 bits per heavy atom. The third-order valence-electron chi connectivity index (χ3n) is 6.22. The minimum Gasteiger partial charge on any atom is -0.497 e. The summed E-state index contributed by atoms with van der Waals surface area (Å²) < 4.78 is 13.1. The molecule has 4 aromatic rings. The van der Waals surface area contributed by atoms with E-state index in [2.05, 4.69) is 10.3 Å². The maximum absolute atomic E-state index is 11.4. The van der Waals surface area contributed by atoms with Gasteiger partial charge in [0.15, 0.2) is 5.11 Å². The van der Waals surface area contributed by atoms with Gasteiger partial charge in [-0.25, -0.2) is 4.79 Å². The molecule has 36 heavy (non-hydrogen) atoms. The van der Waals surface area contributed by atoms with Crippen molar-refractivity contribution in [1.29, 1.82) is 0 Å². The van der Waals surface area contributed by atoms with Crippen LogP contribution in [-0.4, -0.2) is 40.0 Å². The number of nitrogens with one attached hydrogen (secondary N) is 1. The lowest BCUT2D eigenvalue weighted by Crippen LogP contribution is -2.30. The van der Waals surface area contributed by atoms with Gasteiger partial charge < -0.3 is 29.4 Å². The average Bonchev–Trinajstić information content (AvgIpc) is 3.53. The lowest BCUT2D eigenvalue weighted by atomic mass is 10.0. The number of methoxy groups -OCH3 is 2. The highest BCUT2D eigenvalue weighted by Gasteiger charge is 2.43. The number of aromatic carboxylic acids is 1. The fourth-order valence-corrected chi connectivity index (χ4v) is 4.87. The number of nitrogens with zero attached hydrogens (tertiary/aromatic N) is 3. The Labute approximate surface area is 213 Å². The highest BCUT2D eigenvalue weighted by molar-refractivity contribution is 7.80. The smallest absolute Gasteiger partial charge is 0.335 e. The van der Waals surface area contributed by atoms with Crippen LogP contribution in [0.3, 0.4) is 0 Å². The number of hydrogen-bond donors (Lipinski definition) is 2. The lowest BCUT2D eigenvalue weighted by molar-refractivity contribution is 0.0697. The zero-order valence-corrected chi connectivity index (χ0v) is 20.5. The Morgan fingerprint density at radius 1 is 1.03 bits per heavy atom. The van der Waals surface area contributed by atoms with E-state index in [9.17, 15) is 9.90 Å². The zero-order chi connectivity index (χ0) is 25.2. The molecule has 1 fully saturated rings. The number of thiocarbonyl (C=S) groups is 1. The summed E-state index contributed by atoms with van der Waals surface area (Å²) in [6.45, 7) is 0. The van der Waals surface area contributed by atoms with Crippen molar-refractivity contribution in [1.82, 2.24) is 14.9 Å². The summed E-state index contributed by atoms with van der Waals surface area (Å²) in [5.74, 6) is 0.329. The molecule has 0 bridgehead atoms. The van der Waals surface area contributed by atoms with Gasteiger partial charge in [0.05, 0.1) is 37.2 Å². The number of pyridine rings is 1. The van der Waals surface area contributed by atoms with Crippen LogP contribution in [0, 0.1) is 0 Å². The molecule has 1 aliphatic rings. The summed E-state index contributed by atoms with van der Waals surface area (Å²) in [5, 5.41) is 13.3. The van der Waals surface area contributed by atoms with E-state index >= 15 is 0 Å². The molecule has 1 aliphatic heterocycles. The van der Waals surface area contributed by atoms with Gasteiger partial charge in [-0.3, -0.25) is 4.98 Å². The van der Waals surface area contributed by atoms with Crippen LogP contribution < -0.4 is 19.7 Å². The molecule has 0 unspecified atom stereocenters. The van der Waals surface area contributed by atoms with E-state index in [0.717, 1.165) is 22.8 Å². The number of benzene rings is 2. The summed E-state index contributed by atoms with van der Waals surface area (Å²) >= 11 is 5.85. The van der Waals surface area contributed by atoms with Crippen LogP contribution in [0.4, 0.5) is 5.69 Å². The van der Waals surface area contributed by atoms with Gasteiger partial charge >= 0.3 is 5.97 Å². The Balaban J connectivity index is 1.66. The quantitative estimate of drug-likeness (QED) is 0.351. The molecule has 2 atom stereocenters. The molecule has 0 spiro atoms. The first-order valence-electron chi connectivity index (χ1n) is 11.3. The second-order valence-corrected chi connectivity index (χ2v) is 8.58. The molecule has 0 amide bonds. The molecule has 182 valence electrons. The van der Waals surface area contributed by atoms with Crippen molar-refractivity contribution in [3.63, 3.8) is 0 Å². The zero-order valence-electron chi connectivity index (χ0n) is 19.7. The third kappa shape index (κ3) is 4.14. The van der Waals surface area contributed by atoms with Gasteiger partial charge in [-0.05, 0) is 72.9 Å². The van der Waals surface area contributed by atoms with Crippen molar-refractivity contribution in [3.8, 4) is 17.2 Å². The van der Waals surface area contributed by atoms with Crippen LogP contribution in [-0.2, 0) is 0 Å². The van der Waals surface area contributed by atoms with Crippen molar-refractivity contribution in [2.75, 3.05) is 19.1 Å². The molecule has 0 saturated carbocycles. The lowest BCUT2D eigenvalue weighted by Gasteiger charge is -2.30. The van der Waals surface area contributed by atoms with Crippen molar-refractivity contribution in [2.45, 2.75) is 12.1 Å². The van der Waals surface area contributed by atoms with E-state index in [1.54, 1.807) is 44.7 Å². The monoisotopic (exact) mass is 500 g/mol. The van der Waals surface area contributed by atoms with Crippen molar-refractivity contribution in [3.05, 3.63) is 102 Å². The second-order valence-electron chi connectivity index (χ2n) is 8.19. The minimum absolute atomic E-state index is 0.229. The van der Waals surface area contributed by atoms with Gasteiger partial charge in [0.25, 0.3) is 0 Å². The number of carboxylic acid groups (broad SMARTS) is 1. The first-order valence-corrected chi connectivity index (χ1v) is 11.7. The maximum atomic E-state index is 11.4. The minimum atomic E-state index is -0.965. The SMILES string of the molecule is COc1ccc(N2C(=S)N[C@H](c3ccccn3)[C@@H]2c2cccn2-c2ccc(C(=O)O)cc2)c(OC)c1. The van der Waals surface area contributed by atoms with E-state index in [4.69, 9.17) is 21.7 Å². The number of carbonyl (C=O) groups is 1. The van der Waals surface area contributed by atoms with Gasteiger partial charge in [0, 0.05) is 29.8 Å². The predicted octanol–water partition coefficient (Wildman–Crippen LogP) is 4.76. The molecular formula is C27H24N4O4S. The average molecular weight is 501 g/mol. The van der Waals surface area contributed by atoms with Gasteiger partial charge in [-0.15, -0.1) is 0 Å². The highest BCUT2D eigenvalue weighted by Crippen LogP contribution is 2.45. The molecule has 0 radical (unpaired) electrons. The number of hydrogen-bond acceptors (Lipinski definition) is 5. The summed E-state index contributed by atoms with van der Waals surface area (Å²) in [6, 6.07) is 21.6. The second kappa shape index (κ2) is 9.71. The van der Waals surface area contributed by atoms with E-state index < -0.39 is 5.97 Å². The number of anilines is 1. The van der Waals surface area contributed by atoms with Crippen molar-refractivity contribution >= 4 is 29.0 Å². The maximum Gasteiger partial charge on any atom is 0.335 e. The number of aromatic nitrogens is 2. The van der Waals surface area contributed by atoms with Crippen LogP contribution in [0.25, 0.3) is 5.69 Å². The molecule has 0 aliphatic carbocycles. The third-order valence-corrected chi connectivity index (χ3v) is 6.53. The van der Waals surface area contributed by atoms with Gasteiger partial charge in [0.1, 0.15) is 17.5 Å². The molecule has 2 aromatic carbocycles. The predicted molar refractivity (Wildman–Crippen MR) is 140 cm³/mol. The summed E-state index contributed by atoms with van der Waals surface area (Å²) in [4.78, 5) is 18.0. The number of rotatable bonds is 7. The normalized spacial score (nSPS) is 17.1. The van der Waals surface area contributed by atoms with Crippen LogP contribution in [0.15, 0.2) is 85.2 Å². The fourth-order valence-electron chi connectivity index (χ4n) is 4.53. The molecule has 2 aromatic heterocycles. The van der Waals surface area contributed by atoms with Crippen molar-refractivity contribution in [2.24, 2.45) is 0 Å². The summed E-state index contributed by atoms with van der Waals surface area (Å²) in [5.41, 5.74) is 3.63. The standard InChI is InChI=1S/C27H24N4O4S/c1-34-19-12-13-21(23(16-19)35-2)31-25(24(29-27(31)36)20-6-3-4-14-28-20)22-7-5-15-30(22)18-10-8-17(9-11-18)26(32)33/h3-16,24-25H,1-2H3,(H,29,36)(H,32,33)/t24-,25+/m1/s1. The van der Waals surface area contributed by atoms with Gasteiger partial charge in [-0.2, -0.15) is 0 Å². The topological polar surface area (TPSA) is 88.9 Å². The first kappa shape index (κ1) is 23.4. The largest absolute Gasteiger partial charge is 0.497 e. The Kier molecular flexibility index (Phi) is 6.30. The molecular weight excluding hydrogens is 476 g/mol. The highest BCUT2D eigenvalue weighted by atomic mass is 32.1. The van der Waals surface area contributed by atoms with Crippen molar-refractivity contribution < 1.29 is 19.4 Å². The van der Waals surface area contributed by atoms with E-state index in [0.29, 0.717) is 16.6 Å². The summed E-state index contributed by atoms with van der Waals surface area (Å²) in [6.07, 6.45) is 3.71. The first-order chi connectivity index (χ1) is 17.5. The fraction of sp³-hybridized carbons (Fsp3) is 0.148. The van der Waals surface area contributed by atoms with Crippen LogP contribution in [0.1, 0.15) is 33.8 Å². The Hall–Kier alpha value is -4.37. The van der Waals surface area contributed by atoms with Gasteiger partial charge in [0.2, 0.25) is 0 Å². The molecule has 8 nitrogen and oxygen atoms in total. The van der Waals surface area contributed by atoms with E-state index in [1.165, 1.54) is 0 Å². The van der Waals surface area contributed by atoms with Crippen LogP contribution >= 0.6 is 12.2 Å². The molecule has 1 saturated heterocycles. The molecule has 9 heteroatoms. The van der Waals surface area contributed by atoms with E-state index in [-0.39, 0.29) is 17.6 Å². The summed E-state index contributed by atoms with van der Waals surface area (Å²) in [7, 11) is 3.22. The van der Waals surface area contributed by atoms with Gasteiger partial charge in [-0.1, -0.05) is 6.07 Å². The Morgan fingerprint density at radius 2 is 1.83 bits per heavy atom. The Bertz CT molecular complexity index is 1410.